The van der Waals surface area contributed by atoms with E-state index in [4.69, 9.17) is 11.6 Å². The zero-order valence-electron chi connectivity index (χ0n) is 15.5. The van der Waals surface area contributed by atoms with E-state index in [0.29, 0.717) is 18.7 Å². The van der Waals surface area contributed by atoms with Gasteiger partial charge in [-0.3, -0.25) is 4.79 Å². The number of nitrogens with one attached hydrogen (secondary N) is 1. The van der Waals surface area contributed by atoms with Crippen LogP contribution in [0.4, 0.5) is 0 Å². The average molecular weight is 389 g/mol. The van der Waals surface area contributed by atoms with E-state index < -0.39 is 10.0 Å². The van der Waals surface area contributed by atoms with Gasteiger partial charge in [-0.25, -0.2) is 8.42 Å². The lowest BCUT2D eigenvalue weighted by molar-refractivity contribution is 0.0937. The van der Waals surface area contributed by atoms with Gasteiger partial charge in [0.25, 0.3) is 5.91 Å². The van der Waals surface area contributed by atoms with Crippen molar-refractivity contribution in [2.75, 3.05) is 13.1 Å². The van der Waals surface area contributed by atoms with Crippen LogP contribution in [0, 0.1) is 0 Å². The van der Waals surface area contributed by atoms with Gasteiger partial charge in [-0.2, -0.15) is 4.31 Å². The first-order valence-electron chi connectivity index (χ1n) is 8.88. The van der Waals surface area contributed by atoms with Gasteiger partial charge < -0.3 is 5.32 Å². The number of carbonyl (C=O) groups is 1. The number of amides is 1. The van der Waals surface area contributed by atoms with Crippen molar-refractivity contribution in [1.82, 2.24) is 9.62 Å². The third-order valence-electron chi connectivity index (χ3n) is 4.13. The molecule has 0 radical (unpaired) electrons. The molecular formula is C18H29ClN2O3S. The minimum atomic E-state index is -3.71. The lowest BCUT2D eigenvalue weighted by Gasteiger charge is -2.20. The van der Waals surface area contributed by atoms with E-state index in [1.54, 1.807) is 19.9 Å². The summed E-state index contributed by atoms with van der Waals surface area (Å²) in [6, 6.07) is 4.42. The van der Waals surface area contributed by atoms with Crippen LogP contribution in [0.3, 0.4) is 0 Å². The van der Waals surface area contributed by atoms with Gasteiger partial charge in [-0.15, -0.1) is 0 Å². The summed E-state index contributed by atoms with van der Waals surface area (Å²) in [5.41, 5.74) is 0.303. The molecule has 5 nitrogen and oxygen atoms in total. The molecule has 0 bridgehead atoms. The van der Waals surface area contributed by atoms with E-state index in [1.165, 1.54) is 16.4 Å². The van der Waals surface area contributed by atoms with Gasteiger partial charge in [0.2, 0.25) is 10.0 Å². The summed E-state index contributed by atoms with van der Waals surface area (Å²) in [6.07, 6.45) is 4.22. The van der Waals surface area contributed by atoms with Crippen LogP contribution >= 0.6 is 11.6 Å². The Hall–Kier alpha value is -1.11. The van der Waals surface area contributed by atoms with E-state index in [-0.39, 0.29) is 21.9 Å². The predicted octanol–water partition coefficient (Wildman–Crippen LogP) is 4.07. The molecule has 1 aromatic rings. The van der Waals surface area contributed by atoms with Crippen molar-refractivity contribution in [2.45, 2.75) is 64.3 Å². The SMILES string of the molecule is CCCCCC(C)NC(=O)c1ccc(Cl)c(S(=O)(=O)N(CC)CC)c1. The minimum Gasteiger partial charge on any atom is -0.350 e. The van der Waals surface area contributed by atoms with Crippen LogP contribution in [0.15, 0.2) is 23.1 Å². The smallest absolute Gasteiger partial charge is 0.251 e. The van der Waals surface area contributed by atoms with Gasteiger partial charge >= 0.3 is 0 Å². The number of hydrogen-bond donors (Lipinski definition) is 1. The maximum atomic E-state index is 12.7. The van der Waals surface area contributed by atoms with Crippen LogP contribution in [0.1, 0.15) is 63.7 Å². The van der Waals surface area contributed by atoms with Crippen molar-refractivity contribution in [3.8, 4) is 0 Å². The van der Waals surface area contributed by atoms with Gasteiger partial charge in [0.1, 0.15) is 4.90 Å². The number of nitrogens with zero attached hydrogens (tertiary/aromatic N) is 1. The molecule has 1 atom stereocenters. The topological polar surface area (TPSA) is 66.5 Å². The summed E-state index contributed by atoms with van der Waals surface area (Å²) < 4.78 is 26.7. The largest absolute Gasteiger partial charge is 0.350 e. The summed E-state index contributed by atoms with van der Waals surface area (Å²) >= 11 is 6.10. The number of sulfonamides is 1. The van der Waals surface area contributed by atoms with Gasteiger partial charge in [0, 0.05) is 24.7 Å². The predicted molar refractivity (Wildman–Crippen MR) is 103 cm³/mol. The number of benzene rings is 1. The second-order valence-electron chi connectivity index (χ2n) is 6.10. The number of unbranched alkanes of at least 4 members (excludes halogenated alkanes) is 2. The molecule has 7 heteroatoms. The summed E-state index contributed by atoms with van der Waals surface area (Å²) in [5, 5.41) is 3.04. The summed E-state index contributed by atoms with van der Waals surface area (Å²) in [7, 11) is -3.71. The highest BCUT2D eigenvalue weighted by Crippen LogP contribution is 2.26. The van der Waals surface area contributed by atoms with Crippen molar-refractivity contribution >= 4 is 27.5 Å². The molecule has 0 aliphatic heterocycles. The van der Waals surface area contributed by atoms with Gasteiger partial charge in [-0.05, 0) is 31.5 Å². The quantitative estimate of drug-likeness (QED) is 0.614. The van der Waals surface area contributed by atoms with Crippen molar-refractivity contribution in [1.29, 1.82) is 0 Å². The van der Waals surface area contributed by atoms with E-state index in [0.717, 1.165) is 25.7 Å². The number of hydrogen-bond acceptors (Lipinski definition) is 3. The highest BCUT2D eigenvalue weighted by Gasteiger charge is 2.25. The third kappa shape index (κ3) is 5.97. The van der Waals surface area contributed by atoms with Crippen molar-refractivity contribution in [2.24, 2.45) is 0 Å². The Morgan fingerprint density at radius 2 is 1.84 bits per heavy atom. The van der Waals surface area contributed by atoms with Crippen LogP contribution < -0.4 is 5.32 Å². The normalized spacial score (nSPS) is 13.0. The maximum absolute atomic E-state index is 12.7. The second kappa shape index (κ2) is 10.1. The lowest BCUT2D eigenvalue weighted by Crippen LogP contribution is -2.33. The molecule has 0 aliphatic rings. The molecule has 0 saturated carbocycles. The maximum Gasteiger partial charge on any atom is 0.251 e. The Balaban J connectivity index is 2.99. The van der Waals surface area contributed by atoms with Crippen molar-refractivity contribution in [3.63, 3.8) is 0 Å². The molecule has 0 fully saturated rings. The van der Waals surface area contributed by atoms with Gasteiger partial charge in [0.05, 0.1) is 5.02 Å². The standard InChI is InChI=1S/C18H29ClN2O3S/c1-5-8-9-10-14(4)20-18(22)15-11-12-16(19)17(13-15)25(23,24)21(6-2)7-3/h11-14H,5-10H2,1-4H3,(H,20,22). The molecule has 1 rings (SSSR count). The van der Waals surface area contributed by atoms with Crippen LogP contribution in [0.2, 0.25) is 5.02 Å². The number of carbonyl (C=O) groups excluding carboxylic acids is 1. The molecule has 0 aromatic heterocycles. The molecule has 0 saturated heterocycles. The van der Waals surface area contributed by atoms with E-state index >= 15 is 0 Å². The Bertz CT molecular complexity index is 673. The van der Waals surface area contributed by atoms with Gasteiger partial charge in [-0.1, -0.05) is 51.6 Å². The first-order chi connectivity index (χ1) is 11.8. The Morgan fingerprint density at radius 3 is 2.40 bits per heavy atom. The van der Waals surface area contributed by atoms with E-state index in [9.17, 15) is 13.2 Å². The molecule has 142 valence electrons. The van der Waals surface area contributed by atoms with Gasteiger partial charge in [0.15, 0.2) is 0 Å². The van der Waals surface area contributed by atoms with Crippen molar-refractivity contribution < 1.29 is 13.2 Å². The third-order valence-corrected chi connectivity index (χ3v) is 6.67. The molecule has 1 unspecified atom stereocenters. The lowest BCUT2D eigenvalue weighted by atomic mass is 10.1. The fraction of sp³-hybridized carbons (Fsp3) is 0.611. The summed E-state index contributed by atoms with van der Waals surface area (Å²) in [5.74, 6) is -0.281. The molecule has 1 aromatic carbocycles. The first kappa shape index (κ1) is 21.9. The first-order valence-corrected chi connectivity index (χ1v) is 10.7. The number of rotatable bonds is 10. The van der Waals surface area contributed by atoms with Crippen LogP contribution in [0.5, 0.6) is 0 Å². The molecule has 1 N–H and O–H groups in total. The zero-order chi connectivity index (χ0) is 19.0. The Labute approximate surface area is 156 Å². The highest BCUT2D eigenvalue weighted by molar-refractivity contribution is 7.89. The summed E-state index contributed by atoms with van der Waals surface area (Å²) in [4.78, 5) is 12.4. The molecule has 0 spiro atoms. The fourth-order valence-corrected chi connectivity index (χ4v) is 4.58. The van der Waals surface area contributed by atoms with Crippen LogP contribution in [-0.2, 0) is 10.0 Å². The fourth-order valence-electron chi connectivity index (χ4n) is 2.62. The summed E-state index contributed by atoms with van der Waals surface area (Å²) in [6.45, 7) is 8.32. The second-order valence-corrected chi connectivity index (χ2v) is 8.42. The molecular weight excluding hydrogens is 360 g/mol. The monoisotopic (exact) mass is 388 g/mol. The van der Waals surface area contributed by atoms with Crippen LogP contribution in [-0.4, -0.2) is 37.8 Å². The van der Waals surface area contributed by atoms with Crippen LogP contribution in [0.25, 0.3) is 0 Å². The minimum absolute atomic E-state index is 0.0239. The Kier molecular flexibility index (Phi) is 8.89. The molecule has 25 heavy (non-hydrogen) atoms. The Morgan fingerprint density at radius 1 is 1.20 bits per heavy atom. The molecule has 1 amide bonds. The highest BCUT2D eigenvalue weighted by atomic mass is 35.5. The average Bonchev–Trinajstić information content (AvgIpc) is 2.56. The molecule has 0 heterocycles. The van der Waals surface area contributed by atoms with E-state index in [2.05, 4.69) is 12.2 Å². The van der Waals surface area contributed by atoms with E-state index in [1.807, 2.05) is 6.92 Å². The zero-order valence-corrected chi connectivity index (χ0v) is 17.1. The van der Waals surface area contributed by atoms with Crippen molar-refractivity contribution in [3.05, 3.63) is 28.8 Å². The number of halogens is 1. The molecule has 0 aliphatic carbocycles.